The van der Waals surface area contributed by atoms with E-state index in [1.54, 1.807) is 6.92 Å². The first-order chi connectivity index (χ1) is 6.53. The molecule has 0 bridgehead atoms. The molecule has 1 aliphatic rings. The van der Waals surface area contributed by atoms with Crippen LogP contribution >= 0.6 is 0 Å². The molecular weight excluding hydrogens is 206 g/mol. The number of nitrogens with one attached hydrogen (secondary N) is 1. The molecule has 80 valence electrons. The van der Waals surface area contributed by atoms with Crippen molar-refractivity contribution < 1.29 is 17.9 Å². The summed E-state index contributed by atoms with van der Waals surface area (Å²) in [6, 6.07) is -0.409. The number of rotatable bonds is 4. The van der Waals surface area contributed by atoms with E-state index in [2.05, 4.69) is 5.32 Å². The van der Waals surface area contributed by atoms with Crippen LogP contribution in [0.5, 0.6) is 0 Å². The first-order valence-corrected chi connectivity index (χ1v) is 6.03. The Kier molecular flexibility index (Phi) is 3.65. The first kappa shape index (κ1) is 11.2. The van der Waals surface area contributed by atoms with Gasteiger partial charge < -0.3 is 10.1 Å². The second kappa shape index (κ2) is 4.56. The molecule has 1 N–H and O–H groups in total. The highest BCUT2D eigenvalue weighted by atomic mass is 32.2. The van der Waals surface area contributed by atoms with E-state index in [-0.39, 0.29) is 18.3 Å². The number of amides is 1. The lowest BCUT2D eigenvalue weighted by Gasteiger charge is -2.09. The standard InChI is InChI=1S/C8H13NO4S/c1-2-13-5-8(10)9-7-3-4-14(11,12)6-7/h3-4,7H,2,5-6H2,1H3,(H,9,10). The van der Waals surface area contributed by atoms with Crippen molar-refractivity contribution >= 4 is 15.7 Å². The predicted octanol–water partition coefficient (Wildman–Crippen LogP) is -0.550. The van der Waals surface area contributed by atoms with Crippen LogP contribution in [0.3, 0.4) is 0 Å². The summed E-state index contributed by atoms with van der Waals surface area (Å²) in [5.41, 5.74) is 0. The largest absolute Gasteiger partial charge is 0.372 e. The zero-order valence-electron chi connectivity index (χ0n) is 7.89. The van der Waals surface area contributed by atoms with Crippen molar-refractivity contribution in [1.29, 1.82) is 0 Å². The Balaban J connectivity index is 2.34. The minimum Gasteiger partial charge on any atom is -0.372 e. The van der Waals surface area contributed by atoms with Gasteiger partial charge in [0.15, 0.2) is 9.84 Å². The summed E-state index contributed by atoms with van der Waals surface area (Å²) in [6.45, 7) is 2.22. The molecule has 14 heavy (non-hydrogen) atoms. The lowest BCUT2D eigenvalue weighted by atomic mass is 10.3. The molecule has 5 nitrogen and oxygen atoms in total. The van der Waals surface area contributed by atoms with Crippen LogP contribution in [0.1, 0.15) is 6.92 Å². The smallest absolute Gasteiger partial charge is 0.246 e. The second-order valence-electron chi connectivity index (χ2n) is 2.97. The van der Waals surface area contributed by atoms with E-state index < -0.39 is 15.9 Å². The molecule has 0 saturated carbocycles. The molecule has 1 aliphatic heterocycles. The van der Waals surface area contributed by atoms with Gasteiger partial charge in [0.25, 0.3) is 0 Å². The Bertz CT molecular complexity index is 333. The number of hydrogen-bond acceptors (Lipinski definition) is 4. The molecule has 0 radical (unpaired) electrons. The zero-order chi connectivity index (χ0) is 10.6. The van der Waals surface area contributed by atoms with E-state index in [4.69, 9.17) is 4.74 Å². The Morgan fingerprint density at radius 1 is 1.64 bits per heavy atom. The summed E-state index contributed by atoms with van der Waals surface area (Å²) in [7, 11) is -3.10. The van der Waals surface area contributed by atoms with Gasteiger partial charge in [0, 0.05) is 12.0 Å². The highest BCUT2D eigenvalue weighted by Crippen LogP contribution is 2.07. The average molecular weight is 219 g/mol. The van der Waals surface area contributed by atoms with E-state index in [1.807, 2.05) is 0 Å². The maximum absolute atomic E-state index is 11.1. The highest BCUT2D eigenvalue weighted by Gasteiger charge is 2.22. The summed E-state index contributed by atoms with van der Waals surface area (Å²) in [4.78, 5) is 11.1. The zero-order valence-corrected chi connectivity index (χ0v) is 8.71. The van der Waals surface area contributed by atoms with Gasteiger partial charge in [0.2, 0.25) is 5.91 Å². The van der Waals surface area contributed by atoms with Crippen molar-refractivity contribution in [1.82, 2.24) is 5.32 Å². The third kappa shape index (κ3) is 3.47. The summed E-state index contributed by atoms with van der Waals surface area (Å²) >= 11 is 0. The molecule has 0 aromatic heterocycles. The van der Waals surface area contributed by atoms with Gasteiger partial charge in [0.05, 0.1) is 11.8 Å². The van der Waals surface area contributed by atoms with E-state index in [0.717, 1.165) is 5.41 Å². The van der Waals surface area contributed by atoms with Crippen molar-refractivity contribution in [2.24, 2.45) is 0 Å². The number of hydrogen-bond donors (Lipinski definition) is 1. The number of carbonyl (C=O) groups is 1. The van der Waals surface area contributed by atoms with Crippen LogP contribution in [0.15, 0.2) is 11.5 Å². The Morgan fingerprint density at radius 2 is 2.36 bits per heavy atom. The molecule has 0 aromatic rings. The molecule has 0 fully saturated rings. The monoisotopic (exact) mass is 219 g/mol. The second-order valence-corrected chi connectivity index (χ2v) is 4.90. The number of sulfone groups is 1. The molecule has 1 amide bonds. The van der Waals surface area contributed by atoms with Gasteiger partial charge in [-0.05, 0) is 13.0 Å². The average Bonchev–Trinajstić information content (AvgIpc) is 2.42. The van der Waals surface area contributed by atoms with Crippen molar-refractivity contribution in [3.05, 3.63) is 11.5 Å². The minimum absolute atomic E-state index is 0.0269. The third-order valence-electron chi connectivity index (χ3n) is 1.71. The Hall–Kier alpha value is -0.880. The Morgan fingerprint density at radius 3 is 2.86 bits per heavy atom. The van der Waals surface area contributed by atoms with Gasteiger partial charge in [-0.25, -0.2) is 8.42 Å². The number of carbonyl (C=O) groups excluding carboxylic acids is 1. The maximum Gasteiger partial charge on any atom is 0.246 e. The Labute approximate surface area is 83.0 Å². The molecular formula is C8H13NO4S. The van der Waals surface area contributed by atoms with Crippen LogP contribution in [-0.4, -0.2) is 39.3 Å². The minimum atomic E-state index is -3.10. The molecule has 1 unspecified atom stereocenters. The van der Waals surface area contributed by atoms with E-state index >= 15 is 0 Å². The third-order valence-corrected chi connectivity index (χ3v) is 3.11. The molecule has 0 spiro atoms. The fraction of sp³-hybridized carbons (Fsp3) is 0.625. The van der Waals surface area contributed by atoms with Crippen molar-refractivity contribution in [3.8, 4) is 0 Å². The quantitative estimate of drug-likeness (QED) is 0.688. The van der Waals surface area contributed by atoms with Crippen molar-refractivity contribution in [2.45, 2.75) is 13.0 Å². The maximum atomic E-state index is 11.1. The van der Waals surface area contributed by atoms with E-state index in [1.165, 1.54) is 6.08 Å². The van der Waals surface area contributed by atoms with Crippen LogP contribution in [0.25, 0.3) is 0 Å². The van der Waals surface area contributed by atoms with Crippen molar-refractivity contribution in [3.63, 3.8) is 0 Å². The summed E-state index contributed by atoms with van der Waals surface area (Å²) in [6.07, 6.45) is 1.47. The van der Waals surface area contributed by atoms with Crippen LogP contribution in [0.2, 0.25) is 0 Å². The summed E-state index contributed by atoms with van der Waals surface area (Å²) in [5.74, 6) is -0.344. The van der Waals surface area contributed by atoms with Crippen LogP contribution < -0.4 is 5.32 Å². The normalized spacial score (nSPS) is 23.6. The van der Waals surface area contributed by atoms with Crippen LogP contribution in [0, 0.1) is 0 Å². The van der Waals surface area contributed by atoms with Crippen molar-refractivity contribution in [2.75, 3.05) is 19.0 Å². The highest BCUT2D eigenvalue weighted by molar-refractivity contribution is 7.94. The topological polar surface area (TPSA) is 72.5 Å². The molecule has 0 aromatic carbocycles. The molecule has 1 heterocycles. The lowest BCUT2D eigenvalue weighted by Crippen LogP contribution is -2.37. The fourth-order valence-electron chi connectivity index (χ4n) is 1.11. The van der Waals surface area contributed by atoms with E-state index in [9.17, 15) is 13.2 Å². The SMILES string of the molecule is CCOCC(=O)NC1C=CS(=O)(=O)C1. The van der Waals surface area contributed by atoms with Gasteiger partial charge in [0.1, 0.15) is 6.61 Å². The van der Waals surface area contributed by atoms with Crippen LogP contribution in [-0.2, 0) is 19.4 Å². The molecule has 1 rings (SSSR count). The van der Waals surface area contributed by atoms with Crippen LogP contribution in [0.4, 0.5) is 0 Å². The summed E-state index contributed by atoms with van der Waals surface area (Å²) in [5, 5.41) is 3.66. The summed E-state index contributed by atoms with van der Waals surface area (Å²) < 4.78 is 26.8. The lowest BCUT2D eigenvalue weighted by molar-refractivity contribution is -0.125. The van der Waals surface area contributed by atoms with E-state index in [0.29, 0.717) is 6.61 Å². The van der Waals surface area contributed by atoms with Gasteiger partial charge in [-0.15, -0.1) is 0 Å². The fourth-order valence-corrected chi connectivity index (χ4v) is 2.34. The number of ether oxygens (including phenoxy) is 1. The van der Waals surface area contributed by atoms with Gasteiger partial charge in [-0.1, -0.05) is 0 Å². The van der Waals surface area contributed by atoms with Gasteiger partial charge in [-0.3, -0.25) is 4.79 Å². The first-order valence-electron chi connectivity index (χ1n) is 4.31. The predicted molar refractivity (Wildman–Crippen MR) is 51.4 cm³/mol. The molecule has 0 saturated heterocycles. The molecule has 1 atom stereocenters. The molecule has 6 heteroatoms. The van der Waals surface area contributed by atoms with Gasteiger partial charge >= 0.3 is 0 Å². The molecule has 0 aliphatic carbocycles. The van der Waals surface area contributed by atoms with Gasteiger partial charge in [-0.2, -0.15) is 0 Å².